The van der Waals surface area contributed by atoms with E-state index in [4.69, 9.17) is 27.8 Å². The summed E-state index contributed by atoms with van der Waals surface area (Å²) in [4.78, 5) is 0. The van der Waals surface area contributed by atoms with Gasteiger partial charge in [0.25, 0.3) is 0 Å². The molecule has 0 aromatic carbocycles. The number of allylic oxidation sites excluding steroid dienone is 4. The van der Waals surface area contributed by atoms with Crippen molar-refractivity contribution in [3.63, 3.8) is 0 Å². The van der Waals surface area contributed by atoms with Crippen LogP contribution in [0.25, 0.3) is 0 Å². The molecule has 0 spiro atoms. The fourth-order valence-corrected chi connectivity index (χ4v) is 8.20. The minimum Gasteiger partial charge on any atom is -0.410 e. The number of ether oxygens (including phenoxy) is 4. The fourth-order valence-electron chi connectivity index (χ4n) is 5.44. The maximum Gasteiger partial charge on any atom is 0.192 e. The second-order valence-electron chi connectivity index (χ2n) is 17.9. The molecular weight excluding hydrogens is 705 g/mol. The van der Waals surface area contributed by atoms with Gasteiger partial charge in [0.05, 0.1) is 38.6 Å². The van der Waals surface area contributed by atoms with Crippen LogP contribution >= 0.6 is 0 Å². The zero-order valence-corrected chi connectivity index (χ0v) is 39.8. The molecule has 0 amide bonds. The molecule has 0 saturated carbocycles. The van der Waals surface area contributed by atoms with Gasteiger partial charge in [-0.3, -0.25) is 0 Å². The fraction of sp³-hybridized carbons (Fsp3) is 0.696. The largest absolute Gasteiger partial charge is 0.410 e. The van der Waals surface area contributed by atoms with Gasteiger partial charge in [0.1, 0.15) is 12.2 Å². The van der Waals surface area contributed by atoms with E-state index in [1.54, 1.807) is 14.2 Å². The summed E-state index contributed by atoms with van der Waals surface area (Å²) in [6.07, 6.45) is 25.0. The van der Waals surface area contributed by atoms with Crippen LogP contribution in [0, 0.1) is 11.8 Å². The van der Waals surface area contributed by atoms with Gasteiger partial charge >= 0.3 is 0 Å². The van der Waals surface area contributed by atoms with Crippen LogP contribution in [-0.2, 0) is 27.8 Å². The molecule has 1 aliphatic heterocycles. The van der Waals surface area contributed by atoms with Gasteiger partial charge in [0.15, 0.2) is 16.6 Å². The van der Waals surface area contributed by atoms with Crippen molar-refractivity contribution in [3.05, 3.63) is 85.1 Å². The van der Waals surface area contributed by atoms with Crippen molar-refractivity contribution in [3.8, 4) is 0 Å². The van der Waals surface area contributed by atoms with Crippen LogP contribution in [0.5, 0.6) is 0 Å². The van der Waals surface area contributed by atoms with Gasteiger partial charge in [0, 0.05) is 26.1 Å². The van der Waals surface area contributed by atoms with E-state index in [9.17, 15) is 0 Å². The minimum absolute atomic E-state index is 0.00516. The summed E-state index contributed by atoms with van der Waals surface area (Å²) in [6, 6.07) is 0. The van der Waals surface area contributed by atoms with E-state index in [0.717, 1.165) is 25.7 Å². The summed E-state index contributed by atoms with van der Waals surface area (Å²) in [5.74, 6) is 0.449. The van der Waals surface area contributed by atoms with Crippen molar-refractivity contribution >= 4 is 16.6 Å². The molecule has 54 heavy (non-hydrogen) atoms. The Morgan fingerprint density at radius 1 is 0.944 bits per heavy atom. The average Bonchev–Trinajstić information content (AvgIpc) is 3.06. The lowest BCUT2D eigenvalue weighted by molar-refractivity contribution is 0.00552. The van der Waals surface area contributed by atoms with Crippen LogP contribution in [0.3, 0.4) is 0 Å². The molecule has 0 N–H and O–H groups in total. The third-order valence-electron chi connectivity index (χ3n) is 10.8. The second kappa shape index (κ2) is 26.3. The molecule has 312 valence electrons. The van der Waals surface area contributed by atoms with E-state index in [-0.39, 0.29) is 46.3 Å². The van der Waals surface area contributed by atoms with E-state index in [1.165, 1.54) is 11.1 Å². The molecule has 0 aromatic rings. The molecule has 0 aliphatic carbocycles. The smallest absolute Gasteiger partial charge is 0.192 e. The van der Waals surface area contributed by atoms with Crippen molar-refractivity contribution in [1.29, 1.82) is 0 Å². The lowest BCUT2D eigenvalue weighted by Gasteiger charge is -2.42. The Morgan fingerprint density at radius 3 is 2.13 bits per heavy atom. The van der Waals surface area contributed by atoms with Crippen molar-refractivity contribution < 1.29 is 27.8 Å². The van der Waals surface area contributed by atoms with Crippen LogP contribution < -0.4 is 0 Å². The molecule has 0 radical (unpaired) electrons. The van der Waals surface area contributed by atoms with Crippen LogP contribution in [0.2, 0.25) is 36.3 Å². The van der Waals surface area contributed by atoms with Crippen molar-refractivity contribution in [2.24, 2.45) is 11.8 Å². The minimum atomic E-state index is -1.93. The summed E-state index contributed by atoms with van der Waals surface area (Å²) in [5, 5.41) is 0.310. The van der Waals surface area contributed by atoms with Gasteiger partial charge in [-0.2, -0.15) is 0 Å². The first-order chi connectivity index (χ1) is 25.1. The topological polar surface area (TPSA) is 55.4 Å². The predicted molar refractivity (Wildman–Crippen MR) is 239 cm³/mol. The molecule has 6 atom stereocenters. The molecule has 8 heteroatoms. The van der Waals surface area contributed by atoms with Crippen molar-refractivity contribution in [1.82, 2.24) is 0 Å². The highest BCUT2D eigenvalue weighted by Crippen LogP contribution is 2.40. The highest BCUT2D eigenvalue weighted by atomic mass is 28.4. The average molecular weight is 789 g/mol. The lowest BCUT2D eigenvalue weighted by atomic mass is 9.96. The summed E-state index contributed by atoms with van der Waals surface area (Å²) in [5.41, 5.74) is 2.44. The van der Waals surface area contributed by atoms with Crippen LogP contribution in [-0.4, -0.2) is 81.7 Å². The molecule has 0 unspecified atom stereocenters. The predicted octanol–water partition coefficient (Wildman–Crippen LogP) is 12.6. The van der Waals surface area contributed by atoms with E-state index in [1.807, 2.05) is 12.2 Å². The van der Waals surface area contributed by atoms with Gasteiger partial charge in [0.2, 0.25) is 0 Å². The van der Waals surface area contributed by atoms with Gasteiger partial charge in [-0.1, -0.05) is 127 Å². The Bertz CT molecular complexity index is 1200. The number of methoxy groups -OCH3 is 2. The maximum atomic E-state index is 6.83. The Balaban J connectivity index is 0.00000104. The normalized spacial score (nSPS) is 23.9. The molecule has 1 rings (SSSR count). The Hall–Kier alpha value is -1.63. The Morgan fingerprint density at radius 2 is 1.57 bits per heavy atom. The van der Waals surface area contributed by atoms with Gasteiger partial charge in [-0.25, -0.2) is 0 Å². The van der Waals surface area contributed by atoms with E-state index in [2.05, 4.69) is 157 Å². The summed E-state index contributed by atoms with van der Waals surface area (Å²) < 4.78 is 36.6. The molecule has 6 nitrogen and oxygen atoms in total. The van der Waals surface area contributed by atoms with Gasteiger partial charge in [-0.15, -0.1) is 13.2 Å². The maximum absolute atomic E-state index is 6.83. The zero-order chi connectivity index (χ0) is 41.6. The Kier molecular flexibility index (Phi) is 25.5. The summed E-state index contributed by atoms with van der Waals surface area (Å²) >= 11 is 0. The van der Waals surface area contributed by atoms with Crippen molar-refractivity contribution in [2.75, 3.05) is 40.6 Å². The van der Waals surface area contributed by atoms with Gasteiger partial charge < -0.3 is 27.8 Å². The SMILES string of the molecule is C=CCC/C=C/COC/C(C)=C\[C@@H](C)[C@H](O[Si](C)(C)C(C)(C)C)[C@H](C=C)OC.CO[C@H]1/C=C/CC/C=C/COC/C(C)=C\[C@@H](C)[C@@H]1O[Si](C)(C)C(C)(C)C. The molecule has 1 aliphatic rings. The van der Waals surface area contributed by atoms with E-state index < -0.39 is 16.6 Å². The first-order valence-corrected chi connectivity index (χ1v) is 26.0. The first-order valence-electron chi connectivity index (χ1n) is 20.2. The second-order valence-corrected chi connectivity index (χ2v) is 27.4. The first kappa shape index (κ1) is 52.4. The van der Waals surface area contributed by atoms with Crippen LogP contribution in [0.4, 0.5) is 0 Å². The monoisotopic (exact) mass is 789 g/mol. The number of rotatable bonds is 17. The van der Waals surface area contributed by atoms with Gasteiger partial charge in [-0.05, 0) is 75.8 Å². The number of unbranched alkanes of at least 4 members (excludes halogenated alkanes) is 1. The zero-order valence-electron chi connectivity index (χ0n) is 37.8. The quantitative estimate of drug-likeness (QED) is 0.0831. The highest BCUT2D eigenvalue weighted by molar-refractivity contribution is 6.74. The molecule has 0 bridgehead atoms. The van der Waals surface area contributed by atoms with Crippen LogP contribution in [0.1, 0.15) is 94.9 Å². The highest BCUT2D eigenvalue weighted by Gasteiger charge is 2.43. The van der Waals surface area contributed by atoms with E-state index >= 15 is 0 Å². The third-order valence-corrected chi connectivity index (χ3v) is 19.8. The number of hydrogen-bond acceptors (Lipinski definition) is 6. The Labute approximate surface area is 336 Å². The lowest BCUT2D eigenvalue weighted by Crippen LogP contribution is -2.49. The molecule has 0 saturated heterocycles. The van der Waals surface area contributed by atoms with E-state index in [0.29, 0.717) is 26.4 Å². The van der Waals surface area contributed by atoms with Crippen LogP contribution in [0.15, 0.2) is 85.1 Å². The molecule has 0 fully saturated rings. The third kappa shape index (κ3) is 20.5. The number of hydrogen-bond donors (Lipinski definition) is 0. The van der Waals surface area contributed by atoms with Crippen molar-refractivity contribution in [2.45, 2.75) is 156 Å². The molecule has 0 aromatic heterocycles. The summed E-state index contributed by atoms with van der Waals surface area (Å²) in [7, 11) is -0.331. The standard InChI is InChI=1S/C24H44O3Si.C22H40O3Si/c1-11-13-14-15-16-17-26-19-20(3)18-21(4)23(22(12-2)25-8)27-28(9,10)24(5,6)7;1-18-16-19(2)21(25-26(7,8)22(3,4)5)20(23-6)14-12-10-9-11-13-15-24-17-18/h11-12,15-16,18,21-23H,1-2,13-14,17,19H2,3-10H3;11-14,16,19-21H,9-10,15,17H2,1-8H3/b16-15+,20-18-;13-11+,14-12+,18-16-/t21-,22+,23+;19-,20+,21+/m11/s1. The molecular formula is C46H84O6Si2. The summed E-state index contributed by atoms with van der Waals surface area (Å²) in [6.45, 7) is 41.7. The molecule has 1 heterocycles.